The zero-order chi connectivity index (χ0) is 15.2. The van der Waals surface area contributed by atoms with Gasteiger partial charge in [0.1, 0.15) is 0 Å². The summed E-state index contributed by atoms with van der Waals surface area (Å²) in [6.07, 6.45) is 1.64. The number of nitro benzene ring substituents is 1. The molecule has 0 fully saturated rings. The highest BCUT2D eigenvalue weighted by molar-refractivity contribution is 7.99. The lowest BCUT2D eigenvalue weighted by atomic mass is 10.3. The number of thioether (sulfide) groups is 1. The highest BCUT2D eigenvalue weighted by Crippen LogP contribution is 2.27. The zero-order valence-corrected chi connectivity index (χ0v) is 12.2. The van der Waals surface area contributed by atoms with E-state index in [1.165, 1.54) is 30.0 Å². The molecule has 21 heavy (non-hydrogen) atoms. The Morgan fingerprint density at radius 1 is 1.38 bits per heavy atom. The van der Waals surface area contributed by atoms with E-state index in [2.05, 4.69) is 10.3 Å². The molecular formula is C13H10ClN3O3S. The van der Waals surface area contributed by atoms with E-state index >= 15 is 0 Å². The lowest BCUT2D eigenvalue weighted by molar-refractivity contribution is -0.384. The number of carbonyl (C=O) groups excluding carboxylic acids is 1. The van der Waals surface area contributed by atoms with Crippen molar-refractivity contribution >= 4 is 40.6 Å². The molecule has 8 heteroatoms. The van der Waals surface area contributed by atoms with E-state index in [0.717, 1.165) is 5.03 Å². The molecule has 0 saturated heterocycles. The van der Waals surface area contributed by atoms with Crippen LogP contribution in [-0.4, -0.2) is 21.6 Å². The molecule has 0 aliphatic heterocycles. The number of hydrogen-bond acceptors (Lipinski definition) is 5. The number of rotatable bonds is 5. The second kappa shape index (κ2) is 7.05. The van der Waals surface area contributed by atoms with Crippen molar-refractivity contribution in [1.82, 2.24) is 4.98 Å². The summed E-state index contributed by atoms with van der Waals surface area (Å²) in [5.41, 5.74) is 0.0876. The van der Waals surface area contributed by atoms with Gasteiger partial charge in [0.15, 0.2) is 0 Å². The van der Waals surface area contributed by atoms with Crippen molar-refractivity contribution in [2.24, 2.45) is 0 Å². The third-order valence-corrected chi connectivity index (χ3v) is 3.70. The molecule has 1 heterocycles. The minimum atomic E-state index is -0.547. The van der Waals surface area contributed by atoms with Gasteiger partial charge in [0, 0.05) is 18.3 Å². The fraction of sp³-hybridized carbons (Fsp3) is 0.0769. The Labute approximate surface area is 129 Å². The van der Waals surface area contributed by atoms with Crippen LogP contribution in [0.5, 0.6) is 0 Å². The van der Waals surface area contributed by atoms with Gasteiger partial charge in [0.25, 0.3) is 5.69 Å². The van der Waals surface area contributed by atoms with Crippen molar-refractivity contribution in [3.05, 3.63) is 57.7 Å². The predicted molar refractivity (Wildman–Crippen MR) is 81.7 cm³/mol. The number of amides is 1. The summed E-state index contributed by atoms with van der Waals surface area (Å²) in [7, 11) is 0. The van der Waals surface area contributed by atoms with Gasteiger partial charge in [0.05, 0.1) is 26.4 Å². The summed E-state index contributed by atoms with van der Waals surface area (Å²) in [5, 5.41) is 14.2. The topological polar surface area (TPSA) is 85.1 Å². The van der Waals surface area contributed by atoms with E-state index in [-0.39, 0.29) is 28.1 Å². The predicted octanol–water partition coefficient (Wildman–Crippen LogP) is 3.37. The summed E-state index contributed by atoms with van der Waals surface area (Å²) in [4.78, 5) is 26.1. The number of non-ortho nitro benzene ring substituents is 1. The minimum Gasteiger partial charge on any atom is -0.324 e. The number of carbonyl (C=O) groups is 1. The normalized spacial score (nSPS) is 10.1. The standard InChI is InChI=1S/C13H10ClN3O3S/c14-10-5-4-9(17(19)20)7-11(10)16-12(18)8-21-13-3-1-2-6-15-13/h1-7H,8H2,(H,16,18). The van der Waals surface area contributed by atoms with Gasteiger partial charge in [-0.15, -0.1) is 0 Å². The Balaban J connectivity index is 1.99. The average Bonchev–Trinajstić information content (AvgIpc) is 2.48. The van der Waals surface area contributed by atoms with Crippen LogP contribution in [0.2, 0.25) is 5.02 Å². The smallest absolute Gasteiger partial charge is 0.271 e. The molecule has 0 spiro atoms. The molecule has 6 nitrogen and oxygen atoms in total. The maximum Gasteiger partial charge on any atom is 0.271 e. The van der Waals surface area contributed by atoms with E-state index in [9.17, 15) is 14.9 Å². The number of halogens is 1. The van der Waals surface area contributed by atoms with E-state index < -0.39 is 4.92 Å². The molecule has 0 saturated carbocycles. The number of benzene rings is 1. The fourth-order valence-electron chi connectivity index (χ4n) is 1.48. The van der Waals surface area contributed by atoms with Crippen molar-refractivity contribution < 1.29 is 9.72 Å². The third kappa shape index (κ3) is 4.44. The molecule has 1 aromatic carbocycles. The molecule has 0 aliphatic carbocycles. The molecule has 2 aromatic rings. The Bertz CT molecular complexity index is 667. The molecule has 0 radical (unpaired) electrons. The Morgan fingerprint density at radius 3 is 2.86 bits per heavy atom. The monoisotopic (exact) mass is 323 g/mol. The fourth-order valence-corrected chi connectivity index (χ4v) is 2.31. The van der Waals surface area contributed by atoms with Crippen LogP contribution >= 0.6 is 23.4 Å². The molecule has 108 valence electrons. The van der Waals surface area contributed by atoms with Crippen molar-refractivity contribution in [3.63, 3.8) is 0 Å². The molecular weight excluding hydrogens is 314 g/mol. The van der Waals surface area contributed by atoms with Gasteiger partial charge in [-0.05, 0) is 18.2 Å². The van der Waals surface area contributed by atoms with Crippen molar-refractivity contribution in [2.45, 2.75) is 5.03 Å². The molecule has 1 N–H and O–H groups in total. The SMILES string of the molecule is O=C(CSc1ccccn1)Nc1cc([N+](=O)[O-])ccc1Cl. The zero-order valence-electron chi connectivity index (χ0n) is 10.7. The van der Waals surface area contributed by atoms with Gasteiger partial charge in [-0.2, -0.15) is 0 Å². The van der Waals surface area contributed by atoms with Gasteiger partial charge in [-0.1, -0.05) is 29.4 Å². The average molecular weight is 324 g/mol. The first-order valence-electron chi connectivity index (χ1n) is 5.84. The maximum atomic E-state index is 11.8. The quantitative estimate of drug-likeness (QED) is 0.518. The van der Waals surface area contributed by atoms with Crippen molar-refractivity contribution in [2.75, 3.05) is 11.1 Å². The summed E-state index contributed by atoms with van der Waals surface area (Å²) in [5.74, 6) is -0.177. The first kappa shape index (κ1) is 15.3. The lowest BCUT2D eigenvalue weighted by Crippen LogP contribution is -2.14. The van der Waals surface area contributed by atoms with Crippen LogP contribution in [-0.2, 0) is 4.79 Å². The highest BCUT2D eigenvalue weighted by atomic mass is 35.5. The van der Waals surface area contributed by atoms with Gasteiger partial charge in [-0.25, -0.2) is 4.98 Å². The number of anilines is 1. The van der Waals surface area contributed by atoms with Gasteiger partial charge < -0.3 is 5.32 Å². The Kier molecular flexibility index (Phi) is 5.13. The molecule has 1 amide bonds. The molecule has 0 aliphatic rings. The van der Waals surface area contributed by atoms with Crippen LogP contribution in [0.4, 0.5) is 11.4 Å². The van der Waals surface area contributed by atoms with E-state index in [1.54, 1.807) is 18.3 Å². The van der Waals surface area contributed by atoms with E-state index in [4.69, 9.17) is 11.6 Å². The number of aromatic nitrogens is 1. The first-order valence-corrected chi connectivity index (χ1v) is 7.20. The van der Waals surface area contributed by atoms with Crippen LogP contribution in [0.25, 0.3) is 0 Å². The summed E-state index contributed by atoms with van der Waals surface area (Å²) < 4.78 is 0. The summed E-state index contributed by atoms with van der Waals surface area (Å²) in [6.45, 7) is 0. The number of nitrogens with zero attached hydrogens (tertiary/aromatic N) is 2. The lowest BCUT2D eigenvalue weighted by Gasteiger charge is -2.06. The molecule has 0 atom stereocenters. The van der Waals surface area contributed by atoms with Crippen LogP contribution in [0, 0.1) is 10.1 Å². The molecule has 0 unspecified atom stereocenters. The Morgan fingerprint density at radius 2 is 2.19 bits per heavy atom. The second-order valence-corrected chi connectivity index (χ2v) is 5.33. The minimum absolute atomic E-state index is 0.132. The first-order chi connectivity index (χ1) is 10.1. The van der Waals surface area contributed by atoms with Crippen LogP contribution in [0.1, 0.15) is 0 Å². The number of nitrogens with one attached hydrogen (secondary N) is 1. The van der Waals surface area contributed by atoms with Gasteiger partial charge >= 0.3 is 0 Å². The number of nitro groups is 1. The molecule has 2 rings (SSSR count). The highest BCUT2D eigenvalue weighted by Gasteiger charge is 2.12. The summed E-state index contributed by atoms with van der Waals surface area (Å²) >= 11 is 7.17. The maximum absolute atomic E-state index is 11.8. The summed E-state index contributed by atoms with van der Waals surface area (Å²) in [6, 6.07) is 9.28. The van der Waals surface area contributed by atoms with Crippen molar-refractivity contribution in [3.8, 4) is 0 Å². The van der Waals surface area contributed by atoms with Crippen LogP contribution < -0.4 is 5.32 Å². The van der Waals surface area contributed by atoms with Crippen LogP contribution in [0.15, 0.2) is 47.6 Å². The van der Waals surface area contributed by atoms with E-state index in [0.29, 0.717) is 0 Å². The van der Waals surface area contributed by atoms with E-state index in [1.807, 2.05) is 6.07 Å². The second-order valence-electron chi connectivity index (χ2n) is 3.93. The number of hydrogen-bond donors (Lipinski definition) is 1. The third-order valence-electron chi connectivity index (χ3n) is 2.42. The van der Waals surface area contributed by atoms with Crippen LogP contribution in [0.3, 0.4) is 0 Å². The van der Waals surface area contributed by atoms with Crippen molar-refractivity contribution in [1.29, 1.82) is 0 Å². The largest absolute Gasteiger partial charge is 0.324 e. The molecule has 1 aromatic heterocycles. The Hall–Kier alpha value is -2.12. The van der Waals surface area contributed by atoms with Gasteiger partial charge in [-0.3, -0.25) is 14.9 Å². The number of pyridine rings is 1. The van der Waals surface area contributed by atoms with Gasteiger partial charge in [0.2, 0.25) is 5.91 Å². The molecule has 0 bridgehead atoms.